The molecule has 0 fully saturated rings. The lowest BCUT2D eigenvalue weighted by molar-refractivity contribution is -0.870. The number of carbonyl (C=O) groups is 2. The number of carbonyl (C=O) groups excluding carboxylic acids is 2. The maximum Gasteiger partial charge on any atom is 0.472 e. The van der Waals surface area contributed by atoms with E-state index in [4.69, 9.17) is 18.5 Å². The Morgan fingerprint density at radius 3 is 1.02 bits per heavy atom. The van der Waals surface area contributed by atoms with E-state index in [9.17, 15) is 19.0 Å². The number of esters is 2. The standard InChI is InChI=1S/C73H130NO8P/c1-6-8-10-12-14-16-18-20-22-24-26-27-28-29-30-31-32-33-34-35-36-37-38-39-40-41-42-43-44-45-46-47-48-50-52-54-56-58-60-62-64-66-73(76)82-71(70-81-83(77,78)80-68-67-74(3,4)5)69-79-72(75)65-63-61-59-57-55-53-51-49-25-23-21-19-17-15-13-11-9-7-2/h8,10,14,16-17,19-20,22-23,25-27,29-30,32-33,71H,6-7,9,11-13,15,18,21,24,28,31,34-70H2,1-5H3/p+1/b10-8-,16-14-,19-17-,22-20-,25-23-,27-26-,30-29-,33-32-. The molecule has 2 unspecified atom stereocenters. The van der Waals surface area contributed by atoms with Crippen molar-refractivity contribution in [3.63, 3.8) is 0 Å². The minimum Gasteiger partial charge on any atom is -0.462 e. The van der Waals surface area contributed by atoms with Gasteiger partial charge in [0.1, 0.15) is 19.8 Å². The molecule has 0 rings (SSSR count). The summed E-state index contributed by atoms with van der Waals surface area (Å²) in [6.45, 7) is 4.32. The van der Waals surface area contributed by atoms with Gasteiger partial charge in [-0.05, 0) is 96.3 Å². The van der Waals surface area contributed by atoms with Gasteiger partial charge in [-0.2, -0.15) is 0 Å². The summed E-state index contributed by atoms with van der Waals surface area (Å²) in [5, 5.41) is 0. The summed E-state index contributed by atoms with van der Waals surface area (Å²) in [6, 6.07) is 0. The van der Waals surface area contributed by atoms with E-state index in [1.54, 1.807) is 0 Å². The number of hydrogen-bond donors (Lipinski definition) is 1. The van der Waals surface area contributed by atoms with Crippen LogP contribution in [0.15, 0.2) is 97.2 Å². The smallest absolute Gasteiger partial charge is 0.462 e. The highest BCUT2D eigenvalue weighted by Gasteiger charge is 2.27. The van der Waals surface area contributed by atoms with Crippen molar-refractivity contribution in [1.29, 1.82) is 0 Å². The molecule has 83 heavy (non-hydrogen) atoms. The Kier molecular flexibility index (Phi) is 61.1. The van der Waals surface area contributed by atoms with Crippen LogP contribution in [0.4, 0.5) is 0 Å². The van der Waals surface area contributed by atoms with Crippen molar-refractivity contribution in [1.82, 2.24) is 0 Å². The van der Waals surface area contributed by atoms with Gasteiger partial charge in [0.15, 0.2) is 6.10 Å². The second-order valence-electron chi connectivity index (χ2n) is 24.2. The summed E-state index contributed by atoms with van der Waals surface area (Å²) in [6.07, 6.45) is 88.0. The molecular weight excluding hydrogens is 1050 g/mol. The Morgan fingerprint density at radius 1 is 0.386 bits per heavy atom. The molecule has 0 aromatic rings. The lowest BCUT2D eigenvalue weighted by atomic mass is 10.0. The maximum atomic E-state index is 12.9. The van der Waals surface area contributed by atoms with Gasteiger partial charge in [-0.1, -0.05) is 291 Å². The van der Waals surface area contributed by atoms with Crippen molar-refractivity contribution in [2.75, 3.05) is 47.5 Å². The van der Waals surface area contributed by atoms with Crippen molar-refractivity contribution in [3.05, 3.63) is 97.2 Å². The number of phosphoric acid groups is 1. The van der Waals surface area contributed by atoms with E-state index >= 15 is 0 Å². The first-order valence-electron chi connectivity index (χ1n) is 34.5. The number of allylic oxidation sites excluding steroid dienone is 16. The molecule has 0 aliphatic carbocycles. The first kappa shape index (κ1) is 79.9. The predicted octanol–water partition coefficient (Wildman–Crippen LogP) is 22.3. The molecule has 0 saturated heterocycles. The van der Waals surface area contributed by atoms with Crippen LogP contribution in [0.2, 0.25) is 0 Å². The lowest BCUT2D eigenvalue weighted by Crippen LogP contribution is -2.37. The van der Waals surface area contributed by atoms with Crippen molar-refractivity contribution >= 4 is 19.8 Å². The van der Waals surface area contributed by atoms with Gasteiger partial charge in [-0.25, -0.2) is 4.57 Å². The highest BCUT2D eigenvalue weighted by atomic mass is 31.2. The van der Waals surface area contributed by atoms with E-state index < -0.39 is 26.5 Å². The first-order valence-corrected chi connectivity index (χ1v) is 36.0. The van der Waals surface area contributed by atoms with E-state index in [0.717, 1.165) is 89.9 Å². The van der Waals surface area contributed by atoms with E-state index in [2.05, 4.69) is 111 Å². The molecule has 0 aliphatic heterocycles. The van der Waals surface area contributed by atoms with Gasteiger partial charge in [0, 0.05) is 12.8 Å². The van der Waals surface area contributed by atoms with Crippen LogP contribution in [-0.4, -0.2) is 74.9 Å². The van der Waals surface area contributed by atoms with Crippen molar-refractivity contribution in [2.24, 2.45) is 0 Å². The summed E-state index contributed by atoms with van der Waals surface area (Å²) < 4.78 is 34.7. The van der Waals surface area contributed by atoms with Crippen LogP contribution in [0, 0.1) is 0 Å². The molecule has 0 bridgehead atoms. The average Bonchev–Trinajstić information content (AvgIpc) is 3.48. The minimum atomic E-state index is -4.39. The largest absolute Gasteiger partial charge is 0.472 e. The molecule has 0 aromatic carbocycles. The lowest BCUT2D eigenvalue weighted by Gasteiger charge is -2.24. The van der Waals surface area contributed by atoms with Crippen LogP contribution in [0.3, 0.4) is 0 Å². The zero-order valence-electron chi connectivity index (χ0n) is 54.7. The number of quaternary nitrogens is 1. The fourth-order valence-corrected chi connectivity index (χ4v) is 10.3. The topological polar surface area (TPSA) is 108 Å². The van der Waals surface area contributed by atoms with E-state index in [1.165, 1.54) is 180 Å². The van der Waals surface area contributed by atoms with Crippen LogP contribution in [0.1, 0.15) is 303 Å². The Morgan fingerprint density at radius 2 is 0.687 bits per heavy atom. The summed E-state index contributed by atoms with van der Waals surface area (Å²) in [7, 11) is 1.48. The molecule has 0 aliphatic rings. The van der Waals surface area contributed by atoms with Gasteiger partial charge >= 0.3 is 19.8 Å². The molecule has 0 saturated carbocycles. The van der Waals surface area contributed by atoms with Gasteiger partial charge in [-0.3, -0.25) is 18.6 Å². The fraction of sp³-hybridized carbons (Fsp3) is 0.753. The number of nitrogens with zero attached hydrogens (tertiary/aromatic N) is 1. The van der Waals surface area contributed by atoms with E-state index in [0.29, 0.717) is 17.4 Å². The average molecular weight is 1180 g/mol. The molecule has 0 amide bonds. The predicted molar refractivity (Wildman–Crippen MR) is 358 cm³/mol. The summed E-state index contributed by atoms with van der Waals surface area (Å²) >= 11 is 0. The molecule has 480 valence electrons. The Labute approximate surface area is 513 Å². The molecule has 1 N–H and O–H groups in total. The van der Waals surface area contributed by atoms with Crippen LogP contribution < -0.4 is 0 Å². The number of likely N-dealkylation sites (N-methyl/N-ethyl adjacent to an activating group) is 1. The number of rotatable bonds is 63. The third-order valence-corrected chi connectivity index (χ3v) is 15.8. The molecule has 9 nitrogen and oxygen atoms in total. The van der Waals surface area contributed by atoms with Crippen LogP contribution in [-0.2, 0) is 32.7 Å². The maximum absolute atomic E-state index is 12.9. The van der Waals surface area contributed by atoms with Crippen molar-refractivity contribution in [2.45, 2.75) is 309 Å². The first-order chi connectivity index (χ1) is 40.5. The minimum absolute atomic E-state index is 0.0293. The van der Waals surface area contributed by atoms with Crippen molar-refractivity contribution < 1.29 is 42.1 Å². The number of hydrogen-bond acceptors (Lipinski definition) is 7. The number of unbranched alkanes of at least 4 members (excludes halogenated alkanes) is 33. The Bertz CT molecular complexity index is 1720. The fourth-order valence-electron chi connectivity index (χ4n) is 9.58. The zero-order valence-corrected chi connectivity index (χ0v) is 55.6. The second-order valence-corrected chi connectivity index (χ2v) is 25.6. The SMILES string of the molecule is CC/C=C\C/C=C\C/C=C\C/C=C\C/C=C\C/C=C\CCCCCCCCCCCCCCCCCCCCCCCCC(=O)OC(COC(=O)CCCCCCCCC/C=C\C/C=C\CCCCCC)COP(=O)(O)OCC[N+](C)(C)C. The van der Waals surface area contributed by atoms with Gasteiger partial charge in [0.2, 0.25) is 0 Å². The normalized spacial score (nSPS) is 13.8. The van der Waals surface area contributed by atoms with Gasteiger partial charge < -0.3 is 18.9 Å². The van der Waals surface area contributed by atoms with Gasteiger partial charge in [0.25, 0.3) is 0 Å². The summed E-state index contributed by atoms with van der Waals surface area (Å²) in [5.74, 6) is -0.797. The van der Waals surface area contributed by atoms with Gasteiger partial charge in [0.05, 0.1) is 27.7 Å². The number of phosphoric ester groups is 1. The third-order valence-electron chi connectivity index (χ3n) is 14.8. The summed E-state index contributed by atoms with van der Waals surface area (Å²) in [5.41, 5.74) is 0. The Hall–Kier alpha value is -3.07. The zero-order chi connectivity index (χ0) is 60.5. The summed E-state index contributed by atoms with van der Waals surface area (Å²) in [4.78, 5) is 35.8. The third kappa shape index (κ3) is 67.9. The monoisotopic (exact) mass is 1180 g/mol. The molecule has 2 atom stereocenters. The number of ether oxygens (including phenoxy) is 2. The Balaban J connectivity index is 3.94. The van der Waals surface area contributed by atoms with Gasteiger partial charge in [-0.15, -0.1) is 0 Å². The molecular formula is C73H131NO8P+. The highest BCUT2D eigenvalue weighted by Crippen LogP contribution is 2.43. The van der Waals surface area contributed by atoms with Crippen molar-refractivity contribution in [3.8, 4) is 0 Å². The molecule has 0 aromatic heterocycles. The molecule has 0 spiro atoms. The molecule has 10 heteroatoms. The van der Waals surface area contributed by atoms with Crippen LogP contribution >= 0.6 is 7.82 Å². The second kappa shape index (κ2) is 63.4. The quantitative estimate of drug-likeness (QED) is 0.0211. The van der Waals surface area contributed by atoms with E-state index in [1.807, 2.05) is 21.1 Å². The molecule has 0 heterocycles. The van der Waals surface area contributed by atoms with Crippen LogP contribution in [0.25, 0.3) is 0 Å². The van der Waals surface area contributed by atoms with E-state index in [-0.39, 0.29) is 32.0 Å². The molecule has 0 radical (unpaired) electrons. The van der Waals surface area contributed by atoms with Crippen LogP contribution in [0.5, 0.6) is 0 Å². The highest BCUT2D eigenvalue weighted by molar-refractivity contribution is 7.47.